The molecule has 1 rings (SSSR count). The van der Waals surface area contributed by atoms with Gasteiger partial charge in [0.05, 0.1) is 11.8 Å². The summed E-state index contributed by atoms with van der Waals surface area (Å²) in [5, 5.41) is 0.595. The maximum atomic E-state index is 12.0. The zero-order chi connectivity index (χ0) is 14.5. The number of halogens is 3. The molecule has 0 aliphatic carbocycles. The second kappa shape index (κ2) is 7.22. The molecule has 0 bridgehead atoms. The van der Waals surface area contributed by atoms with E-state index in [1.54, 1.807) is 38.1 Å². The van der Waals surface area contributed by atoms with Gasteiger partial charge < -0.3 is 9.47 Å². The fourth-order valence-electron chi connectivity index (χ4n) is 1.24. The Balaban J connectivity index is 2.69. The van der Waals surface area contributed by atoms with Crippen molar-refractivity contribution in [3.8, 4) is 5.75 Å². The highest BCUT2D eigenvalue weighted by Crippen LogP contribution is 2.22. The average molecular weight is 326 g/mol. The molecule has 0 saturated heterocycles. The van der Waals surface area contributed by atoms with Gasteiger partial charge in [-0.15, -0.1) is 23.2 Å². The number of esters is 1. The Morgan fingerprint density at radius 1 is 1.21 bits per heavy atom. The van der Waals surface area contributed by atoms with Gasteiger partial charge in [0.15, 0.2) is 5.60 Å². The lowest BCUT2D eigenvalue weighted by Crippen LogP contribution is -2.42. The van der Waals surface area contributed by atoms with Gasteiger partial charge >= 0.3 is 5.97 Å². The fraction of sp³-hybridized carbons (Fsp3) is 0.462. The quantitative estimate of drug-likeness (QED) is 0.588. The van der Waals surface area contributed by atoms with Crippen LogP contribution in [-0.2, 0) is 9.53 Å². The van der Waals surface area contributed by atoms with Crippen LogP contribution < -0.4 is 4.74 Å². The summed E-state index contributed by atoms with van der Waals surface area (Å²) < 4.78 is 10.7. The third-order valence-electron chi connectivity index (χ3n) is 2.30. The lowest BCUT2D eigenvalue weighted by molar-refractivity contribution is -0.162. The highest BCUT2D eigenvalue weighted by molar-refractivity contribution is 6.30. The summed E-state index contributed by atoms with van der Waals surface area (Å²) in [7, 11) is 0. The van der Waals surface area contributed by atoms with E-state index >= 15 is 0 Å². The maximum Gasteiger partial charge on any atom is 0.350 e. The zero-order valence-electron chi connectivity index (χ0n) is 10.7. The number of carbonyl (C=O) groups is 1. The maximum absolute atomic E-state index is 12.0. The molecule has 1 aromatic carbocycles. The Hall–Kier alpha value is -0.640. The first-order valence-corrected chi connectivity index (χ1v) is 7.11. The smallest absolute Gasteiger partial charge is 0.350 e. The molecule has 106 valence electrons. The Bertz CT molecular complexity index is 414. The van der Waals surface area contributed by atoms with Crippen LogP contribution in [-0.4, -0.2) is 29.4 Å². The molecule has 0 heterocycles. The van der Waals surface area contributed by atoms with Gasteiger partial charge in [-0.2, -0.15) is 0 Å². The van der Waals surface area contributed by atoms with Crippen LogP contribution in [0, 0.1) is 0 Å². The number of hydrogen-bond donors (Lipinski definition) is 0. The Labute approximate surface area is 127 Å². The third-order valence-corrected chi connectivity index (χ3v) is 3.24. The van der Waals surface area contributed by atoms with Crippen LogP contribution in [0.3, 0.4) is 0 Å². The molecule has 1 aromatic rings. The highest BCUT2D eigenvalue weighted by atomic mass is 35.5. The molecular formula is C13H15Cl3O3. The third kappa shape index (κ3) is 5.09. The second-order valence-corrected chi connectivity index (χ2v) is 5.46. The lowest BCUT2D eigenvalue weighted by atomic mass is 10.1. The molecule has 19 heavy (non-hydrogen) atoms. The molecule has 0 spiro atoms. The molecule has 3 nitrogen and oxygen atoms in total. The van der Waals surface area contributed by atoms with E-state index in [1.165, 1.54) is 0 Å². The summed E-state index contributed by atoms with van der Waals surface area (Å²) in [5.41, 5.74) is -1.13. The highest BCUT2D eigenvalue weighted by Gasteiger charge is 2.33. The molecule has 0 N–H and O–H groups in total. The van der Waals surface area contributed by atoms with Crippen molar-refractivity contribution in [3.05, 3.63) is 29.3 Å². The van der Waals surface area contributed by atoms with E-state index < -0.39 is 17.7 Å². The minimum atomic E-state index is -1.13. The monoisotopic (exact) mass is 324 g/mol. The van der Waals surface area contributed by atoms with Gasteiger partial charge in [-0.25, -0.2) is 4.79 Å². The molecule has 0 saturated carbocycles. The second-order valence-electron chi connectivity index (χ2n) is 4.40. The van der Waals surface area contributed by atoms with Crippen LogP contribution in [0.1, 0.15) is 13.8 Å². The number of benzene rings is 1. The van der Waals surface area contributed by atoms with E-state index in [2.05, 4.69) is 0 Å². The standard InChI is InChI=1S/C13H15Cl3O3/c1-13(2,12(17)18-11(7-14)8-15)19-10-5-3-9(16)4-6-10/h3-6,11H,7-8H2,1-2H3. The molecule has 0 amide bonds. The molecule has 0 fully saturated rings. The zero-order valence-corrected chi connectivity index (χ0v) is 12.9. The van der Waals surface area contributed by atoms with Crippen molar-refractivity contribution in [2.45, 2.75) is 25.6 Å². The summed E-state index contributed by atoms with van der Waals surface area (Å²) in [4.78, 5) is 12.0. The average Bonchev–Trinajstić information content (AvgIpc) is 2.38. The van der Waals surface area contributed by atoms with Crippen molar-refractivity contribution in [3.63, 3.8) is 0 Å². The Morgan fingerprint density at radius 2 is 1.74 bits per heavy atom. The summed E-state index contributed by atoms with van der Waals surface area (Å²) >= 11 is 17.0. The summed E-state index contributed by atoms with van der Waals surface area (Å²) in [6.45, 7) is 3.23. The molecule has 0 atom stereocenters. The van der Waals surface area contributed by atoms with Crippen molar-refractivity contribution in [2.24, 2.45) is 0 Å². The van der Waals surface area contributed by atoms with Gasteiger partial charge in [0.1, 0.15) is 11.9 Å². The summed E-state index contributed by atoms with van der Waals surface area (Å²) in [5.74, 6) is 0.298. The summed E-state index contributed by atoms with van der Waals surface area (Å²) in [6.07, 6.45) is -0.524. The first-order chi connectivity index (χ1) is 8.89. The number of alkyl halides is 2. The fourth-order valence-corrected chi connectivity index (χ4v) is 1.82. The van der Waals surface area contributed by atoms with E-state index in [-0.39, 0.29) is 11.8 Å². The van der Waals surface area contributed by atoms with Gasteiger partial charge in [0.25, 0.3) is 0 Å². The van der Waals surface area contributed by atoms with Crippen LogP contribution in [0.4, 0.5) is 0 Å². The topological polar surface area (TPSA) is 35.5 Å². The lowest BCUT2D eigenvalue weighted by Gasteiger charge is -2.26. The SMILES string of the molecule is CC(C)(Oc1ccc(Cl)cc1)C(=O)OC(CCl)CCl. The molecule has 0 aliphatic heterocycles. The number of rotatable bonds is 6. The van der Waals surface area contributed by atoms with E-state index in [4.69, 9.17) is 44.3 Å². The van der Waals surface area contributed by atoms with Crippen molar-refractivity contribution < 1.29 is 14.3 Å². The van der Waals surface area contributed by atoms with Gasteiger partial charge in [0.2, 0.25) is 0 Å². The molecule has 6 heteroatoms. The number of hydrogen-bond acceptors (Lipinski definition) is 3. The van der Waals surface area contributed by atoms with Crippen LogP contribution in [0.2, 0.25) is 5.02 Å². The van der Waals surface area contributed by atoms with Gasteiger partial charge in [-0.1, -0.05) is 11.6 Å². The summed E-state index contributed by atoms with van der Waals surface area (Å²) in [6, 6.07) is 6.72. The van der Waals surface area contributed by atoms with Crippen LogP contribution >= 0.6 is 34.8 Å². The van der Waals surface area contributed by atoms with Crippen LogP contribution in [0.5, 0.6) is 5.75 Å². The van der Waals surface area contributed by atoms with Crippen molar-refractivity contribution >= 4 is 40.8 Å². The first kappa shape index (κ1) is 16.4. The van der Waals surface area contributed by atoms with Crippen molar-refractivity contribution in [2.75, 3.05) is 11.8 Å². The predicted octanol–water partition coefficient (Wildman–Crippen LogP) is 3.89. The number of carbonyl (C=O) groups excluding carboxylic acids is 1. The minimum Gasteiger partial charge on any atom is -0.476 e. The van der Waals surface area contributed by atoms with Crippen molar-refractivity contribution in [1.29, 1.82) is 0 Å². The van der Waals surface area contributed by atoms with E-state index in [0.717, 1.165) is 0 Å². The molecule has 0 aliphatic rings. The van der Waals surface area contributed by atoms with Crippen LogP contribution in [0.25, 0.3) is 0 Å². The van der Waals surface area contributed by atoms with Gasteiger partial charge in [-0.3, -0.25) is 0 Å². The van der Waals surface area contributed by atoms with Crippen LogP contribution in [0.15, 0.2) is 24.3 Å². The molecule has 0 radical (unpaired) electrons. The largest absolute Gasteiger partial charge is 0.476 e. The number of ether oxygens (including phenoxy) is 2. The van der Waals surface area contributed by atoms with Crippen molar-refractivity contribution in [1.82, 2.24) is 0 Å². The molecular weight excluding hydrogens is 310 g/mol. The normalized spacial score (nSPS) is 11.5. The van der Waals surface area contributed by atoms with Gasteiger partial charge in [0, 0.05) is 5.02 Å². The van der Waals surface area contributed by atoms with E-state index in [0.29, 0.717) is 10.8 Å². The van der Waals surface area contributed by atoms with E-state index in [1.807, 2.05) is 0 Å². The Morgan fingerprint density at radius 3 is 2.21 bits per heavy atom. The first-order valence-electron chi connectivity index (χ1n) is 5.66. The molecule has 0 unspecified atom stereocenters. The minimum absolute atomic E-state index is 0.145. The molecule has 0 aromatic heterocycles. The van der Waals surface area contributed by atoms with Gasteiger partial charge in [-0.05, 0) is 38.1 Å². The Kier molecular flexibility index (Phi) is 6.24. The predicted molar refractivity (Wildman–Crippen MR) is 77.5 cm³/mol. The van der Waals surface area contributed by atoms with E-state index in [9.17, 15) is 4.79 Å².